The van der Waals surface area contributed by atoms with Crippen molar-refractivity contribution in [2.75, 3.05) is 5.32 Å². The van der Waals surface area contributed by atoms with Gasteiger partial charge in [-0.05, 0) is 30.8 Å². The largest absolute Gasteiger partial charge is 0.373 e. The lowest BCUT2D eigenvalue weighted by molar-refractivity contribution is 0.102. The first-order valence-electron chi connectivity index (χ1n) is 7.96. The standard InChI is InChI=1S/C17H16N4OS/c1-2-4-10(5-3-1)14-15-16(23-21-14)17(19-9-18-15)20-12-8-11-6-7-13(12)22-11/h1-5,9,11-13H,6-8H2,(H,18,19,20)/t11-,12+,13+/m1/s1. The normalized spacial score (nSPS) is 26.0. The van der Waals surface area contributed by atoms with Gasteiger partial charge >= 0.3 is 0 Å². The fourth-order valence-electron chi connectivity index (χ4n) is 3.62. The SMILES string of the molecule is c1ccc(-c2nsc3c(N[C@H]4C[C@H]5CC[C@@H]4O5)ncnc23)cc1. The lowest BCUT2D eigenvalue weighted by Gasteiger charge is -2.20. The van der Waals surface area contributed by atoms with E-state index in [1.807, 2.05) is 18.2 Å². The third-order valence-corrected chi connectivity index (χ3v) is 5.57. The third-order valence-electron chi connectivity index (χ3n) is 4.73. The Morgan fingerprint density at radius 3 is 2.83 bits per heavy atom. The topological polar surface area (TPSA) is 59.9 Å². The lowest BCUT2D eigenvalue weighted by atomic mass is 9.95. The first-order valence-corrected chi connectivity index (χ1v) is 8.73. The zero-order chi connectivity index (χ0) is 15.2. The van der Waals surface area contributed by atoms with Gasteiger partial charge in [0.1, 0.15) is 28.1 Å². The van der Waals surface area contributed by atoms with Gasteiger partial charge in [-0.2, -0.15) is 4.37 Å². The molecule has 2 bridgehead atoms. The minimum atomic E-state index is 0.325. The van der Waals surface area contributed by atoms with E-state index in [1.54, 1.807) is 6.33 Å². The van der Waals surface area contributed by atoms with Gasteiger partial charge < -0.3 is 10.1 Å². The van der Waals surface area contributed by atoms with Crippen molar-refractivity contribution >= 4 is 27.6 Å². The zero-order valence-corrected chi connectivity index (χ0v) is 13.3. The fourth-order valence-corrected chi connectivity index (χ4v) is 4.43. The molecule has 0 saturated carbocycles. The summed E-state index contributed by atoms with van der Waals surface area (Å²) in [6, 6.07) is 10.5. The highest BCUT2D eigenvalue weighted by Crippen LogP contribution is 2.38. The maximum Gasteiger partial charge on any atom is 0.149 e. The van der Waals surface area contributed by atoms with E-state index in [0.717, 1.165) is 40.1 Å². The molecule has 6 heteroatoms. The Morgan fingerprint density at radius 1 is 1.13 bits per heavy atom. The predicted octanol–water partition coefficient (Wildman–Crippen LogP) is 3.49. The Kier molecular flexibility index (Phi) is 3.06. The molecule has 2 aromatic heterocycles. The van der Waals surface area contributed by atoms with Crippen molar-refractivity contribution in [3.63, 3.8) is 0 Å². The van der Waals surface area contributed by atoms with E-state index >= 15 is 0 Å². The Balaban J connectivity index is 1.52. The fraction of sp³-hybridized carbons (Fsp3) is 0.353. The molecular formula is C17H16N4OS. The maximum atomic E-state index is 5.93. The van der Waals surface area contributed by atoms with E-state index in [2.05, 4.69) is 31.8 Å². The van der Waals surface area contributed by atoms with Crippen molar-refractivity contribution in [1.29, 1.82) is 0 Å². The molecule has 1 aromatic carbocycles. The average molecular weight is 324 g/mol. The van der Waals surface area contributed by atoms with Crippen LogP contribution in [0.1, 0.15) is 19.3 Å². The van der Waals surface area contributed by atoms with Gasteiger partial charge in [0, 0.05) is 5.56 Å². The summed E-state index contributed by atoms with van der Waals surface area (Å²) in [4.78, 5) is 8.92. The molecule has 2 aliphatic rings. The predicted molar refractivity (Wildman–Crippen MR) is 90.6 cm³/mol. The zero-order valence-electron chi connectivity index (χ0n) is 12.5. The second kappa shape index (κ2) is 5.25. The van der Waals surface area contributed by atoms with Gasteiger partial charge in [0.2, 0.25) is 0 Å². The second-order valence-corrected chi connectivity index (χ2v) is 6.93. The van der Waals surface area contributed by atoms with Crippen LogP contribution in [0.2, 0.25) is 0 Å². The van der Waals surface area contributed by atoms with Crippen molar-refractivity contribution in [3.8, 4) is 11.3 Å². The number of hydrogen-bond acceptors (Lipinski definition) is 6. The highest BCUT2D eigenvalue weighted by Gasteiger charge is 2.41. The quantitative estimate of drug-likeness (QED) is 0.799. The molecule has 5 rings (SSSR count). The van der Waals surface area contributed by atoms with Crippen LogP contribution in [-0.2, 0) is 4.74 Å². The van der Waals surface area contributed by atoms with E-state index < -0.39 is 0 Å². The number of nitrogens with one attached hydrogen (secondary N) is 1. The summed E-state index contributed by atoms with van der Waals surface area (Å²) in [7, 11) is 0. The van der Waals surface area contributed by atoms with Crippen LogP contribution in [0.4, 0.5) is 5.82 Å². The van der Waals surface area contributed by atoms with E-state index in [4.69, 9.17) is 4.74 Å². The van der Waals surface area contributed by atoms with Crippen molar-refractivity contribution in [1.82, 2.24) is 14.3 Å². The van der Waals surface area contributed by atoms with Gasteiger partial charge in [-0.1, -0.05) is 30.3 Å². The van der Waals surface area contributed by atoms with E-state index in [-0.39, 0.29) is 0 Å². The molecule has 1 N–H and O–H groups in total. The van der Waals surface area contributed by atoms with Crippen LogP contribution in [0.25, 0.3) is 21.5 Å². The number of rotatable bonds is 3. The smallest absolute Gasteiger partial charge is 0.149 e. The molecule has 2 saturated heterocycles. The number of benzene rings is 1. The van der Waals surface area contributed by atoms with Crippen molar-refractivity contribution in [2.45, 2.75) is 37.5 Å². The van der Waals surface area contributed by atoms with E-state index in [9.17, 15) is 0 Å². The van der Waals surface area contributed by atoms with Crippen LogP contribution in [-0.4, -0.2) is 32.6 Å². The minimum absolute atomic E-state index is 0.325. The molecule has 4 heterocycles. The van der Waals surface area contributed by atoms with Crippen LogP contribution < -0.4 is 5.32 Å². The Hall–Kier alpha value is -2.05. The molecule has 0 spiro atoms. The van der Waals surface area contributed by atoms with Crippen LogP contribution in [0.15, 0.2) is 36.7 Å². The monoisotopic (exact) mass is 324 g/mol. The average Bonchev–Trinajstić information content (AvgIpc) is 3.31. The molecule has 2 fully saturated rings. The molecule has 0 radical (unpaired) electrons. The minimum Gasteiger partial charge on any atom is -0.373 e. The van der Waals surface area contributed by atoms with Gasteiger partial charge in [-0.3, -0.25) is 0 Å². The van der Waals surface area contributed by atoms with Gasteiger partial charge in [0.15, 0.2) is 0 Å². The van der Waals surface area contributed by atoms with Crippen LogP contribution in [0, 0.1) is 0 Å². The molecular weight excluding hydrogens is 308 g/mol. The summed E-state index contributed by atoms with van der Waals surface area (Å²) < 4.78 is 11.6. The summed E-state index contributed by atoms with van der Waals surface area (Å²) in [6.45, 7) is 0. The molecule has 2 aliphatic heterocycles. The summed E-state index contributed by atoms with van der Waals surface area (Å²) in [5.41, 5.74) is 2.94. The Bertz CT molecular complexity index is 850. The third kappa shape index (κ3) is 2.21. The van der Waals surface area contributed by atoms with Crippen LogP contribution in [0.3, 0.4) is 0 Å². The number of hydrogen-bond donors (Lipinski definition) is 1. The number of anilines is 1. The van der Waals surface area contributed by atoms with Crippen molar-refractivity contribution in [3.05, 3.63) is 36.7 Å². The van der Waals surface area contributed by atoms with E-state index in [0.29, 0.717) is 18.2 Å². The molecule has 3 aromatic rings. The summed E-state index contributed by atoms with van der Waals surface area (Å²) in [5, 5.41) is 3.57. The molecule has 0 unspecified atom stereocenters. The lowest BCUT2D eigenvalue weighted by Crippen LogP contribution is -2.30. The van der Waals surface area contributed by atoms with Gasteiger partial charge in [-0.25, -0.2) is 9.97 Å². The second-order valence-electron chi connectivity index (χ2n) is 6.16. The number of nitrogens with zero attached hydrogens (tertiary/aromatic N) is 3. The van der Waals surface area contributed by atoms with Gasteiger partial charge in [0.05, 0.1) is 18.2 Å². The maximum absolute atomic E-state index is 5.93. The molecule has 3 atom stereocenters. The highest BCUT2D eigenvalue weighted by molar-refractivity contribution is 7.14. The summed E-state index contributed by atoms with van der Waals surface area (Å²) >= 11 is 1.46. The number of ether oxygens (including phenoxy) is 1. The van der Waals surface area contributed by atoms with Crippen molar-refractivity contribution in [2.24, 2.45) is 0 Å². The summed E-state index contributed by atoms with van der Waals surface area (Å²) in [6.07, 6.45) is 5.79. The Labute approximate surface area is 137 Å². The van der Waals surface area contributed by atoms with Gasteiger partial charge in [0.25, 0.3) is 0 Å². The van der Waals surface area contributed by atoms with Crippen LogP contribution >= 0.6 is 11.5 Å². The molecule has 0 aliphatic carbocycles. The Morgan fingerprint density at radius 2 is 2.04 bits per heavy atom. The van der Waals surface area contributed by atoms with Crippen molar-refractivity contribution < 1.29 is 4.74 Å². The highest BCUT2D eigenvalue weighted by atomic mass is 32.1. The molecule has 5 nitrogen and oxygen atoms in total. The van der Waals surface area contributed by atoms with Crippen LogP contribution in [0.5, 0.6) is 0 Å². The number of fused-ring (bicyclic) bond motifs is 3. The molecule has 116 valence electrons. The number of aromatic nitrogens is 3. The first kappa shape index (κ1) is 13.4. The van der Waals surface area contributed by atoms with Gasteiger partial charge in [-0.15, -0.1) is 0 Å². The molecule has 0 amide bonds. The summed E-state index contributed by atoms with van der Waals surface area (Å²) in [5.74, 6) is 0.885. The first-order chi connectivity index (χ1) is 11.4. The molecule has 23 heavy (non-hydrogen) atoms. The van der Waals surface area contributed by atoms with E-state index in [1.165, 1.54) is 18.0 Å².